The summed E-state index contributed by atoms with van der Waals surface area (Å²) in [5.74, 6) is 0.849. The highest BCUT2D eigenvalue weighted by Crippen LogP contribution is 2.21. The standard InChI is InChI=1S/C22H22N4O3/c27-26(28)21-10-8-20(9-11-21)25-14-12-24(13-15-25)17-22-16-19(23-29-22)7-6-18-4-2-1-3-5-18/h1-11,16H,12-15,17H2. The van der Waals surface area contributed by atoms with Gasteiger partial charge in [0.25, 0.3) is 5.69 Å². The van der Waals surface area contributed by atoms with E-state index >= 15 is 0 Å². The van der Waals surface area contributed by atoms with Gasteiger partial charge in [-0.15, -0.1) is 0 Å². The van der Waals surface area contributed by atoms with Crippen molar-refractivity contribution in [1.29, 1.82) is 0 Å². The molecule has 7 nitrogen and oxygen atoms in total. The van der Waals surface area contributed by atoms with Crippen molar-refractivity contribution in [2.24, 2.45) is 0 Å². The van der Waals surface area contributed by atoms with E-state index in [1.165, 1.54) is 0 Å². The number of benzene rings is 2. The molecule has 1 saturated heterocycles. The minimum Gasteiger partial charge on any atom is -0.369 e. The zero-order valence-electron chi connectivity index (χ0n) is 16.0. The van der Waals surface area contributed by atoms with Crippen LogP contribution >= 0.6 is 0 Å². The fourth-order valence-corrected chi connectivity index (χ4v) is 3.40. The van der Waals surface area contributed by atoms with E-state index in [0.717, 1.165) is 55.4 Å². The van der Waals surface area contributed by atoms with Crippen molar-refractivity contribution in [3.05, 3.63) is 87.8 Å². The molecule has 2 aromatic carbocycles. The lowest BCUT2D eigenvalue weighted by Gasteiger charge is -2.35. The molecule has 2 heterocycles. The topological polar surface area (TPSA) is 75.7 Å². The smallest absolute Gasteiger partial charge is 0.269 e. The molecule has 1 aromatic heterocycles. The first-order valence-corrected chi connectivity index (χ1v) is 9.58. The number of nitrogens with zero attached hydrogens (tertiary/aromatic N) is 4. The first-order valence-electron chi connectivity index (χ1n) is 9.58. The third-order valence-corrected chi connectivity index (χ3v) is 5.00. The normalized spacial score (nSPS) is 15.1. The van der Waals surface area contributed by atoms with Crippen LogP contribution in [-0.4, -0.2) is 41.2 Å². The van der Waals surface area contributed by atoms with Gasteiger partial charge < -0.3 is 9.42 Å². The van der Waals surface area contributed by atoms with E-state index in [1.807, 2.05) is 60.7 Å². The fourth-order valence-electron chi connectivity index (χ4n) is 3.40. The highest BCUT2D eigenvalue weighted by Gasteiger charge is 2.19. The molecule has 0 saturated carbocycles. The van der Waals surface area contributed by atoms with Gasteiger partial charge in [-0.25, -0.2) is 0 Å². The van der Waals surface area contributed by atoms with Crippen molar-refractivity contribution in [1.82, 2.24) is 10.1 Å². The summed E-state index contributed by atoms with van der Waals surface area (Å²) in [6.07, 6.45) is 3.97. The maximum Gasteiger partial charge on any atom is 0.269 e. The van der Waals surface area contributed by atoms with Crippen LogP contribution in [0.5, 0.6) is 0 Å². The predicted molar refractivity (Wildman–Crippen MR) is 112 cm³/mol. The Bertz CT molecular complexity index is 975. The SMILES string of the molecule is O=[N+]([O-])c1ccc(N2CCN(Cc3cc(C=Cc4ccccc4)no3)CC2)cc1. The zero-order chi connectivity index (χ0) is 20.1. The summed E-state index contributed by atoms with van der Waals surface area (Å²) in [7, 11) is 0. The van der Waals surface area contributed by atoms with Crippen LogP contribution in [0.15, 0.2) is 65.2 Å². The van der Waals surface area contributed by atoms with Gasteiger partial charge in [-0.1, -0.05) is 41.6 Å². The summed E-state index contributed by atoms with van der Waals surface area (Å²) < 4.78 is 5.48. The van der Waals surface area contributed by atoms with Gasteiger partial charge in [-0.2, -0.15) is 0 Å². The van der Waals surface area contributed by atoms with Crippen LogP contribution in [0.2, 0.25) is 0 Å². The monoisotopic (exact) mass is 390 g/mol. The van der Waals surface area contributed by atoms with E-state index in [2.05, 4.69) is 15.0 Å². The van der Waals surface area contributed by atoms with Crippen LogP contribution in [-0.2, 0) is 6.54 Å². The average molecular weight is 390 g/mol. The number of hydrogen-bond donors (Lipinski definition) is 0. The van der Waals surface area contributed by atoms with Crippen molar-refractivity contribution in [3.8, 4) is 0 Å². The molecule has 7 heteroatoms. The van der Waals surface area contributed by atoms with E-state index in [9.17, 15) is 10.1 Å². The third-order valence-electron chi connectivity index (χ3n) is 5.00. The molecule has 0 radical (unpaired) electrons. The Labute approximate surface area is 169 Å². The average Bonchev–Trinajstić information content (AvgIpc) is 3.21. The summed E-state index contributed by atoms with van der Waals surface area (Å²) in [4.78, 5) is 15.0. The van der Waals surface area contributed by atoms with Crippen molar-refractivity contribution < 1.29 is 9.45 Å². The number of hydrogen-bond acceptors (Lipinski definition) is 6. The molecule has 0 unspecified atom stereocenters. The molecule has 29 heavy (non-hydrogen) atoms. The van der Waals surface area contributed by atoms with Crippen molar-refractivity contribution >= 4 is 23.5 Å². The Balaban J connectivity index is 1.29. The second-order valence-electron chi connectivity index (χ2n) is 7.00. The highest BCUT2D eigenvalue weighted by atomic mass is 16.6. The fraction of sp³-hybridized carbons (Fsp3) is 0.227. The highest BCUT2D eigenvalue weighted by molar-refractivity contribution is 5.67. The minimum atomic E-state index is -0.373. The maximum atomic E-state index is 10.8. The van der Waals surface area contributed by atoms with Gasteiger partial charge in [0.2, 0.25) is 0 Å². The zero-order valence-corrected chi connectivity index (χ0v) is 16.0. The number of non-ortho nitro benzene ring substituents is 1. The van der Waals surface area contributed by atoms with Crippen LogP contribution < -0.4 is 4.90 Å². The van der Waals surface area contributed by atoms with E-state index in [4.69, 9.17) is 4.52 Å². The van der Waals surface area contributed by atoms with Gasteiger partial charge in [0.1, 0.15) is 5.69 Å². The van der Waals surface area contributed by atoms with Gasteiger partial charge in [0.15, 0.2) is 5.76 Å². The van der Waals surface area contributed by atoms with Crippen LogP contribution in [0.3, 0.4) is 0 Å². The van der Waals surface area contributed by atoms with Crippen molar-refractivity contribution in [2.75, 3.05) is 31.1 Å². The Morgan fingerprint density at radius 1 is 1.00 bits per heavy atom. The van der Waals surface area contributed by atoms with Gasteiger partial charge in [0.05, 0.1) is 11.5 Å². The summed E-state index contributed by atoms with van der Waals surface area (Å²) in [6, 6.07) is 18.8. The molecule has 0 atom stereocenters. The molecule has 1 aliphatic rings. The van der Waals surface area contributed by atoms with E-state index < -0.39 is 0 Å². The quantitative estimate of drug-likeness (QED) is 0.466. The van der Waals surface area contributed by atoms with Gasteiger partial charge >= 0.3 is 0 Å². The second-order valence-corrected chi connectivity index (χ2v) is 7.00. The summed E-state index contributed by atoms with van der Waals surface area (Å²) >= 11 is 0. The molecule has 0 N–H and O–H groups in total. The largest absolute Gasteiger partial charge is 0.369 e. The lowest BCUT2D eigenvalue weighted by molar-refractivity contribution is -0.384. The molecule has 1 aliphatic heterocycles. The molecule has 0 amide bonds. The van der Waals surface area contributed by atoms with Crippen molar-refractivity contribution in [3.63, 3.8) is 0 Å². The van der Waals surface area contributed by atoms with E-state index in [-0.39, 0.29) is 10.6 Å². The molecule has 0 spiro atoms. The first kappa shape index (κ1) is 18.9. The Hall–Kier alpha value is -3.45. The van der Waals surface area contributed by atoms with Crippen LogP contribution in [0.4, 0.5) is 11.4 Å². The molecular weight excluding hydrogens is 368 g/mol. The van der Waals surface area contributed by atoms with Crippen LogP contribution in [0, 0.1) is 10.1 Å². The molecule has 1 fully saturated rings. The Morgan fingerprint density at radius 3 is 2.41 bits per heavy atom. The molecular formula is C22H22N4O3. The molecule has 4 rings (SSSR count). The summed E-state index contributed by atoms with van der Waals surface area (Å²) in [5, 5.41) is 14.9. The molecule has 3 aromatic rings. The number of nitro groups is 1. The number of piperazine rings is 1. The Morgan fingerprint density at radius 2 is 1.72 bits per heavy atom. The second kappa shape index (κ2) is 8.70. The van der Waals surface area contributed by atoms with Gasteiger partial charge in [0, 0.05) is 50.1 Å². The maximum absolute atomic E-state index is 10.8. The number of anilines is 1. The number of rotatable bonds is 6. The molecule has 0 bridgehead atoms. The van der Waals surface area contributed by atoms with E-state index in [0.29, 0.717) is 0 Å². The summed E-state index contributed by atoms with van der Waals surface area (Å²) in [6.45, 7) is 4.25. The number of aromatic nitrogens is 1. The molecule has 0 aliphatic carbocycles. The van der Waals surface area contributed by atoms with Crippen molar-refractivity contribution in [2.45, 2.75) is 6.54 Å². The lowest BCUT2D eigenvalue weighted by atomic mass is 10.2. The first-order chi connectivity index (χ1) is 14.2. The van der Waals surface area contributed by atoms with E-state index in [1.54, 1.807) is 12.1 Å². The van der Waals surface area contributed by atoms with Crippen LogP contribution in [0.25, 0.3) is 12.2 Å². The number of nitro benzene ring substituents is 1. The van der Waals surface area contributed by atoms with Gasteiger partial charge in [-0.3, -0.25) is 15.0 Å². The Kier molecular flexibility index (Phi) is 5.67. The predicted octanol–water partition coefficient (Wildman–Crippen LogP) is 4.08. The van der Waals surface area contributed by atoms with Gasteiger partial charge in [-0.05, 0) is 23.8 Å². The molecule has 148 valence electrons. The summed E-state index contributed by atoms with van der Waals surface area (Å²) in [5.41, 5.74) is 3.07. The third kappa shape index (κ3) is 4.89. The lowest BCUT2D eigenvalue weighted by Crippen LogP contribution is -2.45. The van der Waals surface area contributed by atoms with Crippen LogP contribution in [0.1, 0.15) is 17.0 Å². The minimum absolute atomic E-state index is 0.120.